The van der Waals surface area contributed by atoms with Crippen molar-refractivity contribution in [2.24, 2.45) is 5.10 Å². The standard InChI is InChI=1S/C10H12ClN5O4/c1-13-6-20-7-14(10(13)12-16(18)19)4-8-2-3-9(11)15(17)5-8/h2-3,5H,4,6-7H2,1H3/b12-10+. The Labute approximate surface area is 119 Å². The summed E-state index contributed by atoms with van der Waals surface area (Å²) in [6.07, 6.45) is 1.31. The van der Waals surface area contributed by atoms with Crippen LogP contribution in [-0.2, 0) is 11.3 Å². The van der Waals surface area contributed by atoms with Gasteiger partial charge in [-0.1, -0.05) is 0 Å². The first-order valence-corrected chi connectivity index (χ1v) is 5.99. The molecule has 0 atom stereocenters. The summed E-state index contributed by atoms with van der Waals surface area (Å²) >= 11 is 5.63. The molecular formula is C10H12ClN5O4. The zero-order chi connectivity index (χ0) is 14.7. The predicted molar refractivity (Wildman–Crippen MR) is 69.0 cm³/mol. The van der Waals surface area contributed by atoms with Gasteiger partial charge in [-0.2, -0.15) is 4.73 Å². The van der Waals surface area contributed by atoms with Crippen molar-refractivity contribution < 1.29 is 14.5 Å². The fourth-order valence-corrected chi connectivity index (χ4v) is 1.90. The lowest BCUT2D eigenvalue weighted by Gasteiger charge is -2.34. The molecule has 1 aromatic heterocycles. The molecule has 0 bridgehead atoms. The largest absolute Gasteiger partial charge is 0.618 e. The van der Waals surface area contributed by atoms with E-state index in [1.165, 1.54) is 17.2 Å². The Bertz CT molecular complexity index is 552. The molecule has 1 aromatic rings. The highest BCUT2D eigenvalue weighted by atomic mass is 35.5. The SMILES string of the molecule is CN1COCN(Cc2ccc(Cl)[n+]([O-])c2)/C1=N/[N+](=O)[O-]. The Hall–Kier alpha value is -2.13. The van der Waals surface area contributed by atoms with Gasteiger partial charge in [0.2, 0.25) is 0 Å². The van der Waals surface area contributed by atoms with E-state index >= 15 is 0 Å². The highest BCUT2D eigenvalue weighted by molar-refractivity contribution is 6.28. The molecule has 0 amide bonds. The summed E-state index contributed by atoms with van der Waals surface area (Å²) in [6.45, 7) is 0.611. The highest BCUT2D eigenvalue weighted by Gasteiger charge is 2.25. The molecule has 108 valence electrons. The fourth-order valence-electron chi connectivity index (χ4n) is 1.79. The molecule has 0 N–H and O–H groups in total. The van der Waals surface area contributed by atoms with Crippen molar-refractivity contribution >= 4 is 17.6 Å². The summed E-state index contributed by atoms with van der Waals surface area (Å²) in [5.74, 6) is 0.175. The molecule has 20 heavy (non-hydrogen) atoms. The zero-order valence-corrected chi connectivity index (χ0v) is 11.4. The van der Waals surface area contributed by atoms with Gasteiger partial charge in [0, 0.05) is 18.7 Å². The molecule has 0 unspecified atom stereocenters. The number of aromatic nitrogens is 1. The monoisotopic (exact) mass is 301 g/mol. The molecule has 0 spiro atoms. The molecule has 2 heterocycles. The number of hydrogen-bond donors (Lipinski definition) is 0. The molecule has 2 rings (SSSR count). The fraction of sp³-hybridized carbons (Fsp3) is 0.400. The van der Waals surface area contributed by atoms with Crippen LogP contribution in [-0.4, -0.2) is 41.3 Å². The lowest BCUT2D eigenvalue weighted by atomic mass is 10.3. The number of nitro groups is 1. The molecule has 1 fully saturated rings. The minimum atomic E-state index is -0.764. The molecule has 1 aliphatic rings. The van der Waals surface area contributed by atoms with E-state index in [9.17, 15) is 15.3 Å². The van der Waals surface area contributed by atoms with E-state index in [1.54, 1.807) is 18.0 Å². The van der Waals surface area contributed by atoms with Crippen LogP contribution in [0.2, 0.25) is 5.15 Å². The van der Waals surface area contributed by atoms with Gasteiger partial charge in [-0.05, 0) is 17.7 Å². The maximum atomic E-state index is 11.4. The van der Waals surface area contributed by atoms with Crippen LogP contribution >= 0.6 is 11.6 Å². The maximum absolute atomic E-state index is 11.4. The topological polar surface area (TPSA) is 98.2 Å². The third kappa shape index (κ3) is 3.25. The minimum absolute atomic E-state index is 0.0555. The summed E-state index contributed by atoms with van der Waals surface area (Å²) in [7, 11) is 1.63. The van der Waals surface area contributed by atoms with Gasteiger partial charge >= 0.3 is 0 Å². The molecule has 10 heteroatoms. The van der Waals surface area contributed by atoms with Gasteiger partial charge < -0.3 is 19.7 Å². The normalized spacial score (nSPS) is 17.6. The number of nitrogens with zero attached hydrogens (tertiary/aromatic N) is 5. The van der Waals surface area contributed by atoms with Crippen LogP contribution in [0.4, 0.5) is 0 Å². The van der Waals surface area contributed by atoms with Gasteiger partial charge in [-0.3, -0.25) is 0 Å². The van der Waals surface area contributed by atoms with E-state index in [0.29, 0.717) is 10.3 Å². The van der Waals surface area contributed by atoms with Gasteiger partial charge in [0.15, 0.2) is 11.2 Å². The summed E-state index contributed by atoms with van der Waals surface area (Å²) < 4.78 is 5.79. The zero-order valence-electron chi connectivity index (χ0n) is 10.6. The molecule has 9 nitrogen and oxygen atoms in total. The predicted octanol–water partition coefficient (Wildman–Crippen LogP) is 0.200. The smallest absolute Gasteiger partial charge is 0.286 e. The van der Waals surface area contributed by atoms with Crippen LogP contribution in [0.1, 0.15) is 5.56 Å². The second kappa shape index (κ2) is 5.88. The first-order chi connectivity index (χ1) is 9.47. The Morgan fingerprint density at radius 2 is 2.30 bits per heavy atom. The van der Waals surface area contributed by atoms with Crippen molar-refractivity contribution in [1.29, 1.82) is 0 Å². The third-order valence-corrected chi connectivity index (χ3v) is 2.92. The number of halogens is 1. The first-order valence-electron chi connectivity index (χ1n) is 5.62. The second-order valence-corrected chi connectivity index (χ2v) is 4.57. The van der Waals surface area contributed by atoms with E-state index in [-0.39, 0.29) is 31.1 Å². The van der Waals surface area contributed by atoms with E-state index in [4.69, 9.17) is 16.3 Å². The number of guanidine groups is 1. The van der Waals surface area contributed by atoms with Crippen LogP contribution in [0.3, 0.4) is 0 Å². The molecule has 0 aromatic carbocycles. The van der Waals surface area contributed by atoms with E-state index in [0.717, 1.165) is 0 Å². The van der Waals surface area contributed by atoms with Crippen molar-refractivity contribution in [3.8, 4) is 0 Å². The van der Waals surface area contributed by atoms with Crippen molar-refractivity contribution in [1.82, 2.24) is 9.80 Å². The van der Waals surface area contributed by atoms with Crippen molar-refractivity contribution in [2.75, 3.05) is 20.5 Å². The molecule has 1 aliphatic heterocycles. The lowest BCUT2D eigenvalue weighted by Crippen LogP contribution is -2.49. The number of ether oxygens (including phenoxy) is 1. The van der Waals surface area contributed by atoms with Crippen LogP contribution in [0.5, 0.6) is 0 Å². The summed E-state index contributed by atoms with van der Waals surface area (Å²) in [5.41, 5.74) is 0.638. The Balaban J connectivity index is 2.20. The van der Waals surface area contributed by atoms with Crippen molar-refractivity contribution in [2.45, 2.75) is 6.54 Å². The Kier molecular flexibility index (Phi) is 4.20. The Morgan fingerprint density at radius 1 is 1.55 bits per heavy atom. The van der Waals surface area contributed by atoms with Gasteiger partial charge in [-0.25, -0.2) is 10.1 Å². The maximum Gasteiger partial charge on any atom is 0.286 e. The summed E-state index contributed by atoms with van der Waals surface area (Å²) in [5, 5.41) is 24.6. The quantitative estimate of drug-likeness (QED) is 0.260. The molecule has 0 radical (unpaired) electrons. The lowest BCUT2D eigenvalue weighted by molar-refractivity contribution is -0.603. The number of pyridine rings is 1. The van der Waals surface area contributed by atoms with Crippen LogP contribution in [0.15, 0.2) is 23.4 Å². The van der Waals surface area contributed by atoms with Gasteiger partial charge in [0.05, 0.1) is 6.54 Å². The molecular weight excluding hydrogens is 290 g/mol. The van der Waals surface area contributed by atoms with Gasteiger partial charge in [0.25, 0.3) is 11.1 Å². The van der Waals surface area contributed by atoms with Gasteiger partial charge in [0.1, 0.15) is 18.6 Å². The van der Waals surface area contributed by atoms with Crippen LogP contribution < -0.4 is 4.73 Å². The van der Waals surface area contributed by atoms with Crippen molar-refractivity contribution in [3.05, 3.63) is 44.4 Å². The van der Waals surface area contributed by atoms with Crippen molar-refractivity contribution in [3.63, 3.8) is 0 Å². The Morgan fingerprint density at radius 3 is 2.95 bits per heavy atom. The summed E-state index contributed by atoms with van der Waals surface area (Å²) in [4.78, 5) is 13.6. The number of hydrazone groups is 1. The average molecular weight is 302 g/mol. The first kappa shape index (κ1) is 14.3. The van der Waals surface area contributed by atoms with E-state index in [2.05, 4.69) is 5.10 Å². The van der Waals surface area contributed by atoms with Gasteiger partial charge in [-0.15, -0.1) is 0 Å². The second-order valence-electron chi connectivity index (χ2n) is 4.18. The highest BCUT2D eigenvalue weighted by Crippen LogP contribution is 2.11. The van der Waals surface area contributed by atoms with Crippen LogP contribution in [0.25, 0.3) is 0 Å². The minimum Gasteiger partial charge on any atom is -0.618 e. The third-order valence-electron chi connectivity index (χ3n) is 2.63. The molecule has 0 aliphatic carbocycles. The average Bonchev–Trinajstić information content (AvgIpc) is 2.38. The number of hydrogen-bond acceptors (Lipinski definition) is 4. The van der Waals surface area contributed by atoms with E-state index < -0.39 is 5.03 Å². The van der Waals surface area contributed by atoms with E-state index in [1.807, 2.05) is 0 Å². The summed E-state index contributed by atoms with van der Waals surface area (Å²) in [6, 6.07) is 3.12. The number of rotatable bonds is 3. The van der Waals surface area contributed by atoms with Crippen LogP contribution in [0, 0.1) is 15.3 Å². The molecule has 1 saturated heterocycles. The molecule has 0 saturated carbocycles.